The number of carbonyl (C=O) groups is 1. The van der Waals surface area contributed by atoms with E-state index in [0.717, 1.165) is 37.8 Å². The van der Waals surface area contributed by atoms with E-state index in [1.165, 1.54) is 0 Å². The number of thiophene rings is 1. The summed E-state index contributed by atoms with van der Waals surface area (Å²) in [4.78, 5) is 15.3. The van der Waals surface area contributed by atoms with Gasteiger partial charge >= 0.3 is 5.97 Å². The number of nitrogens with two attached hydrogens (primary N) is 1. The predicted octanol–water partition coefficient (Wildman–Crippen LogP) is 5.27. The number of benzene rings is 2. The van der Waals surface area contributed by atoms with Crippen LogP contribution in [0.2, 0.25) is 0 Å². The van der Waals surface area contributed by atoms with Crippen LogP contribution in [0.5, 0.6) is 5.75 Å². The molecule has 2 atom stereocenters. The fraction of sp³-hybridized carbons (Fsp3) is 0.414. The maximum atomic E-state index is 13.5. The van der Waals surface area contributed by atoms with Crippen LogP contribution in [0.3, 0.4) is 0 Å². The third-order valence-corrected chi connectivity index (χ3v) is 10.2. The smallest absolute Gasteiger partial charge is 0.310 e. The van der Waals surface area contributed by atoms with Gasteiger partial charge in [0.2, 0.25) is 0 Å². The van der Waals surface area contributed by atoms with Gasteiger partial charge in [-0.25, -0.2) is 14.4 Å². The molecule has 0 radical (unpaired) electrons. The zero-order chi connectivity index (χ0) is 28.5. The molecule has 2 heterocycles. The van der Waals surface area contributed by atoms with E-state index >= 15 is 0 Å². The normalized spacial score (nSPS) is 16.6. The molecule has 1 aliphatic heterocycles. The quantitative estimate of drug-likeness (QED) is 0.238. The summed E-state index contributed by atoms with van der Waals surface area (Å²) >= 11 is 1.60. The van der Waals surface area contributed by atoms with Crippen molar-refractivity contribution >= 4 is 39.7 Å². The number of hydrogen-bond acceptors (Lipinski definition) is 7. The molecule has 1 unspecified atom stereocenters. The summed E-state index contributed by atoms with van der Waals surface area (Å²) in [5.41, 5.74) is 3.60. The van der Waals surface area contributed by atoms with Gasteiger partial charge in [-0.15, -0.1) is 11.3 Å². The Morgan fingerprint density at radius 3 is 2.67 bits per heavy atom. The van der Waals surface area contributed by atoms with Crippen molar-refractivity contribution in [2.45, 2.75) is 52.0 Å². The van der Waals surface area contributed by atoms with Gasteiger partial charge in [-0.3, -0.25) is 4.79 Å². The summed E-state index contributed by atoms with van der Waals surface area (Å²) < 4.78 is 21.2. The number of hydrazine groups is 1. The molecule has 0 fully saturated rings. The van der Waals surface area contributed by atoms with Gasteiger partial charge in [0.1, 0.15) is 23.3 Å². The molecule has 0 amide bonds. The number of fused-ring (bicyclic) bond motifs is 1. The van der Waals surface area contributed by atoms with Crippen molar-refractivity contribution < 1.29 is 18.8 Å². The van der Waals surface area contributed by atoms with Crippen molar-refractivity contribution in [3.05, 3.63) is 68.9 Å². The van der Waals surface area contributed by atoms with Gasteiger partial charge in [0.15, 0.2) is 0 Å². The van der Waals surface area contributed by atoms with E-state index in [9.17, 15) is 14.1 Å². The summed E-state index contributed by atoms with van der Waals surface area (Å²) in [6, 6.07) is 13.5. The van der Waals surface area contributed by atoms with Crippen LogP contribution < -0.4 is 20.9 Å². The second-order valence-corrected chi connectivity index (χ2v) is 13.1. The SMILES string of the molecule is CCN(N)c1ccc([C@@H](c2cc(CN3CCOc4ccccc4S3=O)c(C)s2)C(C)(C)C(=O)O)c(C)c1NC. The van der Waals surface area contributed by atoms with E-state index in [1.807, 2.05) is 68.5 Å². The average molecular weight is 571 g/mol. The van der Waals surface area contributed by atoms with E-state index in [4.69, 9.17) is 10.6 Å². The molecular formula is C29H38N4O4S2. The Morgan fingerprint density at radius 1 is 1.28 bits per heavy atom. The fourth-order valence-corrected chi connectivity index (χ4v) is 7.76. The van der Waals surface area contributed by atoms with Crippen molar-refractivity contribution in [2.24, 2.45) is 11.3 Å². The highest BCUT2D eigenvalue weighted by Gasteiger charge is 2.41. The van der Waals surface area contributed by atoms with Gasteiger partial charge in [-0.2, -0.15) is 0 Å². The summed E-state index contributed by atoms with van der Waals surface area (Å²) in [5, 5.41) is 15.3. The molecule has 10 heteroatoms. The van der Waals surface area contributed by atoms with Crippen molar-refractivity contribution in [3.63, 3.8) is 0 Å². The second-order valence-electron chi connectivity index (χ2n) is 10.3. The van der Waals surface area contributed by atoms with Crippen molar-refractivity contribution in [1.29, 1.82) is 0 Å². The molecule has 0 bridgehead atoms. The lowest BCUT2D eigenvalue weighted by Gasteiger charge is -2.33. The number of anilines is 2. The van der Waals surface area contributed by atoms with Crippen LogP contribution in [-0.4, -0.2) is 46.3 Å². The summed E-state index contributed by atoms with van der Waals surface area (Å²) in [7, 11) is 0.491. The van der Waals surface area contributed by atoms with E-state index < -0.39 is 28.3 Å². The number of para-hydroxylation sites is 1. The first-order valence-corrected chi connectivity index (χ1v) is 15.0. The lowest BCUT2D eigenvalue weighted by Crippen LogP contribution is -2.33. The number of rotatable bonds is 9. The Hall–Kier alpha value is -2.92. The van der Waals surface area contributed by atoms with Crippen LogP contribution in [-0.2, 0) is 22.3 Å². The molecule has 1 aliphatic rings. The third-order valence-electron chi connectivity index (χ3n) is 7.51. The highest BCUT2D eigenvalue weighted by Crippen LogP contribution is 2.48. The molecule has 210 valence electrons. The van der Waals surface area contributed by atoms with Gasteiger partial charge in [0, 0.05) is 42.4 Å². The van der Waals surface area contributed by atoms with Crippen molar-refractivity contribution in [2.75, 3.05) is 37.1 Å². The van der Waals surface area contributed by atoms with Crippen LogP contribution in [0, 0.1) is 19.3 Å². The summed E-state index contributed by atoms with van der Waals surface area (Å²) in [6.07, 6.45) is 0. The molecule has 0 spiro atoms. The van der Waals surface area contributed by atoms with Crippen LogP contribution >= 0.6 is 11.3 Å². The highest BCUT2D eigenvalue weighted by molar-refractivity contribution is 7.82. The molecule has 0 aliphatic carbocycles. The minimum atomic E-state index is -1.36. The van der Waals surface area contributed by atoms with Crippen LogP contribution in [0.25, 0.3) is 0 Å². The summed E-state index contributed by atoms with van der Waals surface area (Å²) in [5.74, 6) is 5.62. The van der Waals surface area contributed by atoms with Crippen LogP contribution in [0.4, 0.5) is 11.4 Å². The first-order chi connectivity index (χ1) is 18.5. The Morgan fingerprint density at radius 2 is 2.00 bits per heavy atom. The number of aliphatic carboxylic acids is 1. The van der Waals surface area contributed by atoms with E-state index in [2.05, 4.69) is 11.4 Å². The van der Waals surface area contributed by atoms with Gasteiger partial charge in [-0.05, 0) is 75.6 Å². The number of hydrogen-bond donors (Lipinski definition) is 3. The van der Waals surface area contributed by atoms with Crippen molar-refractivity contribution in [3.8, 4) is 5.75 Å². The molecule has 4 N–H and O–H groups in total. The van der Waals surface area contributed by atoms with E-state index in [-0.39, 0.29) is 0 Å². The van der Waals surface area contributed by atoms with Gasteiger partial charge in [-0.1, -0.05) is 18.2 Å². The maximum absolute atomic E-state index is 13.5. The zero-order valence-corrected chi connectivity index (χ0v) is 25.0. The lowest BCUT2D eigenvalue weighted by molar-refractivity contribution is -0.147. The molecule has 1 aromatic heterocycles. The molecule has 39 heavy (non-hydrogen) atoms. The highest BCUT2D eigenvalue weighted by atomic mass is 32.2. The molecule has 0 saturated heterocycles. The molecular weight excluding hydrogens is 532 g/mol. The van der Waals surface area contributed by atoms with E-state index in [0.29, 0.717) is 36.9 Å². The van der Waals surface area contributed by atoms with E-state index in [1.54, 1.807) is 30.2 Å². The monoisotopic (exact) mass is 570 g/mol. The average Bonchev–Trinajstić information content (AvgIpc) is 3.18. The first kappa shape index (κ1) is 29.1. The number of carboxylic acids is 1. The Balaban J connectivity index is 1.76. The zero-order valence-electron chi connectivity index (χ0n) is 23.4. The Kier molecular flexibility index (Phi) is 8.70. The maximum Gasteiger partial charge on any atom is 0.310 e. The molecule has 3 aromatic rings. The largest absolute Gasteiger partial charge is 0.491 e. The fourth-order valence-electron chi connectivity index (χ4n) is 5.14. The molecule has 4 rings (SSSR count). The standard InChI is InChI=1S/C29H38N4O4S2/c1-7-33(30)22-13-12-21(18(2)27(22)31-6)26(29(4,5)28(34)35)24-16-20(19(3)38-24)17-32-14-15-37-23-10-8-9-11-25(23)39(32)36/h8-13,16,26,31H,7,14-15,17,30H2,1-6H3,(H,34,35)/t26-,39?/m0/s1. The Bertz CT molecular complexity index is 1390. The van der Waals surface area contributed by atoms with Crippen molar-refractivity contribution in [1.82, 2.24) is 4.31 Å². The first-order valence-electron chi connectivity index (χ1n) is 13.1. The minimum Gasteiger partial charge on any atom is -0.491 e. The minimum absolute atomic E-state index is 0.403. The number of nitrogens with one attached hydrogen (secondary N) is 1. The number of ether oxygens (including phenoxy) is 1. The molecule has 8 nitrogen and oxygen atoms in total. The number of carboxylic acid groups (broad SMARTS) is 1. The van der Waals surface area contributed by atoms with Gasteiger partial charge < -0.3 is 20.2 Å². The van der Waals surface area contributed by atoms with Crippen LogP contribution in [0.1, 0.15) is 53.1 Å². The number of aryl methyl sites for hydroxylation is 1. The molecule has 0 saturated carbocycles. The number of nitrogens with zero attached hydrogens (tertiary/aromatic N) is 2. The summed E-state index contributed by atoms with van der Waals surface area (Å²) in [6.45, 7) is 11.7. The van der Waals surface area contributed by atoms with Gasteiger partial charge in [0.05, 0.1) is 21.7 Å². The Labute approximate surface area is 237 Å². The lowest BCUT2D eigenvalue weighted by atomic mass is 9.72. The topological polar surface area (TPSA) is 108 Å². The predicted molar refractivity (Wildman–Crippen MR) is 159 cm³/mol. The molecule has 2 aromatic carbocycles. The van der Waals surface area contributed by atoms with Crippen LogP contribution in [0.15, 0.2) is 47.4 Å². The second kappa shape index (κ2) is 11.7. The van der Waals surface area contributed by atoms with Gasteiger partial charge in [0.25, 0.3) is 0 Å². The third kappa shape index (κ3) is 5.56.